The second-order valence-corrected chi connectivity index (χ2v) is 6.19. The Morgan fingerprint density at radius 2 is 2.05 bits per heavy atom. The van der Waals surface area contributed by atoms with Gasteiger partial charge in [-0.05, 0) is 55.5 Å². The van der Waals surface area contributed by atoms with Gasteiger partial charge in [0.1, 0.15) is 5.75 Å². The molecule has 1 aromatic heterocycles. The molecule has 0 bridgehead atoms. The molecule has 0 aliphatic heterocycles. The van der Waals surface area contributed by atoms with E-state index < -0.39 is 0 Å². The lowest BCUT2D eigenvalue weighted by Crippen LogP contribution is -2.25. The van der Waals surface area contributed by atoms with Crippen LogP contribution in [0.1, 0.15) is 22.9 Å². The molecule has 0 unspecified atom stereocenters. The molecule has 22 heavy (non-hydrogen) atoms. The second kappa shape index (κ2) is 7.42. The fraction of sp³-hybridized carbons (Fsp3) is 0.250. The number of rotatable bonds is 5. The van der Waals surface area contributed by atoms with Crippen LogP contribution in [0, 0.1) is 13.8 Å². The predicted molar refractivity (Wildman–Crippen MR) is 91.1 cm³/mol. The standard InChI is InChI=1S/C16H17ClN2O2S/c1-10-7-13(8-11(2)16(10)17)21-9-15(20)19-18-12(3)14-5-4-6-22-14/h4-8H,9H2,1-3H3,(H,19,20)/b18-12+. The lowest BCUT2D eigenvalue weighted by atomic mass is 10.1. The molecule has 0 aliphatic carbocycles. The van der Waals surface area contributed by atoms with Gasteiger partial charge in [0, 0.05) is 9.90 Å². The molecule has 0 fully saturated rings. The van der Waals surface area contributed by atoms with Crippen LogP contribution in [0.4, 0.5) is 0 Å². The maximum absolute atomic E-state index is 11.8. The summed E-state index contributed by atoms with van der Waals surface area (Å²) >= 11 is 7.67. The van der Waals surface area contributed by atoms with E-state index in [1.807, 2.05) is 50.4 Å². The number of hydrogen-bond acceptors (Lipinski definition) is 4. The van der Waals surface area contributed by atoms with Gasteiger partial charge in [-0.3, -0.25) is 4.79 Å². The van der Waals surface area contributed by atoms with Crippen LogP contribution in [0.3, 0.4) is 0 Å². The lowest BCUT2D eigenvalue weighted by Gasteiger charge is -2.09. The van der Waals surface area contributed by atoms with Gasteiger partial charge >= 0.3 is 0 Å². The Morgan fingerprint density at radius 3 is 2.64 bits per heavy atom. The Balaban J connectivity index is 1.89. The molecule has 0 spiro atoms. The Labute approximate surface area is 138 Å². The second-order valence-electron chi connectivity index (χ2n) is 4.87. The van der Waals surface area contributed by atoms with Crippen molar-refractivity contribution in [3.8, 4) is 5.75 Å². The van der Waals surface area contributed by atoms with Gasteiger partial charge in [-0.25, -0.2) is 5.43 Å². The molecular formula is C16H17ClN2O2S. The number of nitrogens with one attached hydrogen (secondary N) is 1. The summed E-state index contributed by atoms with van der Waals surface area (Å²) in [5.41, 5.74) is 5.09. The first kappa shape index (κ1) is 16.5. The van der Waals surface area contributed by atoms with E-state index in [4.69, 9.17) is 16.3 Å². The third-order valence-corrected chi connectivity index (χ3v) is 4.58. The molecular weight excluding hydrogens is 320 g/mol. The number of thiophene rings is 1. The summed E-state index contributed by atoms with van der Waals surface area (Å²) < 4.78 is 5.47. The highest BCUT2D eigenvalue weighted by atomic mass is 35.5. The first-order valence-corrected chi connectivity index (χ1v) is 7.99. The van der Waals surface area contributed by atoms with Crippen molar-refractivity contribution < 1.29 is 9.53 Å². The molecule has 2 aromatic rings. The largest absolute Gasteiger partial charge is 0.484 e. The van der Waals surface area contributed by atoms with E-state index in [9.17, 15) is 4.79 Å². The zero-order chi connectivity index (χ0) is 16.1. The summed E-state index contributed by atoms with van der Waals surface area (Å²) in [6, 6.07) is 7.51. The Hall–Kier alpha value is -1.85. The van der Waals surface area contributed by atoms with Crippen molar-refractivity contribution in [2.45, 2.75) is 20.8 Å². The number of ether oxygens (including phenoxy) is 1. The maximum atomic E-state index is 11.8. The predicted octanol–water partition coefficient (Wildman–Crippen LogP) is 3.94. The minimum atomic E-state index is -0.304. The van der Waals surface area contributed by atoms with E-state index in [2.05, 4.69) is 10.5 Å². The molecule has 116 valence electrons. The Bertz CT molecular complexity index is 673. The van der Waals surface area contributed by atoms with Gasteiger partial charge in [0.05, 0.1) is 5.71 Å². The summed E-state index contributed by atoms with van der Waals surface area (Å²) in [6.45, 7) is 5.55. The number of carbonyl (C=O) groups excluding carboxylic acids is 1. The molecule has 1 heterocycles. The van der Waals surface area contributed by atoms with Crippen LogP contribution < -0.4 is 10.2 Å². The quantitative estimate of drug-likeness (QED) is 0.664. The molecule has 4 nitrogen and oxygen atoms in total. The van der Waals surface area contributed by atoms with E-state index in [1.54, 1.807) is 11.3 Å². The van der Waals surface area contributed by atoms with Gasteiger partial charge in [-0.15, -0.1) is 11.3 Å². The van der Waals surface area contributed by atoms with Crippen molar-refractivity contribution in [3.63, 3.8) is 0 Å². The maximum Gasteiger partial charge on any atom is 0.277 e. The Morgan fingerprint density at radius 1 is 1.36 bits per heavy atom. The zero-order valence-corrected chi connectivity index (χ0v) is 14.2. The highest BCUT2D eigenvalue weighted by Crippen LogP contribution is 2.25. The highest BCUT2D eigenvalue weighted by Gasteiger charge is 2.06. The van der Waals surface area contributed by atoms with Crippen molar-refractivity contribution in [2.24, 2.45) is 5.10 Å². The fourth-order valence-electron chi connectivity index (χ4n) is 1.86. The lowest BCUT2D eigenvalue weighted by molar-refractivity contribution is -0.123. The number of hydrazone groups is 1. The summed E-state index contributed by atoms with van der Waals surface area (Å²) in [4.78, 5) is 12.8. The molecule has 0 saturated heterocycles. The third-order valence-electron chi connectivity index (χ3n) is 3.01. The zero-order valence-electron chi connectivity index (χ0n) is 12.6. The highest BCUT2D eigenvalue weighted by molar-refractivity contribution is 7.12. The van der Waals surface area contributed by atoms with Gasteiger partial charge < -0.3 is 4.74 Å². The molecule has 0 atom stereocenters. The van der Waals surface area contributed by atoms with Crippen LogP contribution in [0.5, 0.6) is 5.75 Å². The third kappa shape index (κ3) is 4.32. The van der Waals surface area contributed by atoms with E-state index in [-0.39, 0.29) is 12.5 Å². The van der Waals surface area contributed by atoms with E-state index in [0.29, 0.717) is 10.8 Å². The van der Waals surface area contributed by atoms with E-state index >= 15 is 0 Å². The van der Waals surface area contributed by atoms with Crippen LogP contribution in [0.25, 0.3) is 0 Å². The van der Waals surface area contributed by atoms with Crippen molar-refractivity contribution in [1.29, 1.82) is 0 Å². The van der Waals surface area contributed by atoms with Crippen molar-refractivity contribution in [2.75, 3.05) is 6.61 Å². The van der Waals surface area contributed by atoms with Crippen LogP contribution in [0.15, 0.2) is 34.7 Å². The summed E-state index contributed by atoms with van der Waals surface area (Å²) in [7, 11) is 0. The fourth-order valence-corrected chi connectivity index (χ4v) is 2.64. The molecule has 1 amide bonds. The van der Waals surface area contributed by atoms with Gasteiger partial charge in [-0.2, -0.15) is 5.10 Å². The number of amides is 1. The van der Waals surface area contributed by atoms with Crippen molar-refractivity contribution in [1.82, 2.24) is 5.43 Å². The van der Waals surface area contributed by atoms with Crippen LogP contribution in [-0.2, 0) is 4.79 Å². The summed E-state index contributed by atoms with van der Waals surface area (Å²) in [6.07, 6.45) is 0. The van der Waals surface area contributed by atoms with Crippen LogP contribution in [0.2, 0.25) is 5.02 Å². The van der Waals surface area contributed by atoms with Gasteiger partial charge in [0.15, 0.2) is 6.61 Å². The number of benzene rings is 1. The SMILES string of the molecule is C/C(=N\NC(=O)COc1cc(C)c(Cl)c(C)c1)c1cccs1. The normalized spacial score (nSPS) is 11.4. The number of halogens is 1. The first-order valence-electron chi connectivity index (χ1n) is 6.74. The van der Waals surface area contributed by atoms with Gasteiger partial charge in [0.2, 0.25) is 0 Å². The topological polar surface area (TPSA) is 50.7 Å². The monoisotopic (exact) mass is 336 g/mol. The first-order chi connectivity index (χ1) is 10.5. The average molecular weight is 337 g/mol. The smallest absolute Gasteiger partial charge is 0.277 e. The number of nitrogens with zero attached hydrogens (tertiary/aromatic N) is 1. The molecule has 6 heteroatoms. The summed E-state index contributed by atoms with van der Waals surface area (Å²) in [5.74, 6) is 0.315. The molecule has 0 aliphatic rings. The molecule has 1 N–H and O–H groups in total. The van der Waals surface area contributed by atoms with E-state index in [1.165, 1.54) is 0 Å². The minimum Gasteiger partial charge on any atom is -0.484 e. The molecule has 1 aromatic carbocycles. The number of carbonyl (C=O) groups is 1. The van der Waals surface area contributed by atoms with Crippen LogP contribution >= 0.6 is 22.9 Å². The molecule has 0 radical (unpaired) electrons. The van der Waals surface area contributed by atoms with Gasteiger partial charge in [-0.1, -0.05) is 17.7 Å². The average Bonchev–Trinajstić information content (AvgIpc) is 3.02. The van der Waals surface area contributed by atoms with Crippen molar-refractivity contribution in [3.05, 3.63) is 50.7 Å². The van der Waals surface area contributed by atoms with E-state index in [0.717, 1.165) is 21.7 Å². The summed E-state index contributed by atoms with van der Waals surface area (Å²) in [5, 5.41) is 6.73. The van der Waals surface area contributed by atoms with Gasteiger partial charge in [0.25, 0.3) is 5.91 Å². The molecule has 0 saturated carbocycles. The number of aryl methyl sites for hydroxylation is 2. The Kier molecular flexibility index (Phi) is 5.57. The number of hydrogen-bond donors (Lipinski definition) is 1. The molecule has 2 rings (SSSR count). The minimum absolute atomic E-state index is 0.0955. The van der Waals surface area contributed by atoms with Crippen LogP contribution in [-0.4, -0.2) is 18.2 Å². The van der Waals surface area contributed by atoms with Crippen molar-refractivity contribution >= 4 is 34.6 Å².